The molecule has 8 heteroatoms. The number of ether oxygens (including phenoxy) is 1. The normalized spacial score (nSPS) is 10.9. The van der Waals surface area contributed by atoms with E-state index in [0.717, 1.165) is 11.3 Å². The number of para-hydroxylation sites is 1. The summed E-state index contributed by atoms with van der Waals surface area (Å²) in [7, 11) is 0. The van der Waals surface area contributed by atoms with Gasteiger partial charge in [0, 0.05) is 6.54 Å². The van der Waals surface area contributed by atoms with Gasteiger partial charge in [-0.2, -0.15) is 0 Å². The second kappa shape index (κ2) is 8.39. The van der Waals surface area contributed by atoms with Crippen LogP contribution in [0, 0.1) is 6.92 Å². The van der Waals surface area contributed by atoms with E-state index in [2.05, 4.69) is 29.2 Å². The number of nitrogens with zero attached hydrogens (tertiary/aromatic N) is 3. The molecular formula is C17H22N4O4. The predicted octanol–water partition coefficient (Wildman–Crippen LogP) is 1.53. The maximum Gasteiger partial charge on any atom is 0.329 e. The van der Waals surface area contributed by atoms with Crippen LogP contribution in [0.1, 0.15) is 41.8 Å². The molecule has 0 saturated carbocycles. The van der Waals surface area contributed by atoms with Crippen LogP contribution >= 0.6 is 0 Å². The van der Waals surface area contributed by atoms with E-state index < -0.39 is 18.5 Å². The number of aromatic nitrogens is 3. The summed E-state index contributed by atoms with van der Waals surface area (Å²) < 4.78 is 6.52. The number of carboxylic acid groups (broad SMARTS) is 1. The third-order valence-electron chi connectivity index (χ3n) is 3.52. The first-order valence-electron chi connectivity index (χ1n) is 8.01. The lowest BCUT2D eigenvalue weighted by Crippen LogP contribution is -2.29. The van der Waals surface area contributed by atoms with Crippen LogP contribution in [0.4, 0.5) is 0 Å². The maximum atomic E-state index is 12.1. The van der Waals surface area contributed by atoms with Gasteiger partial charge in [0.05, 0.1) is 12.3 Å². The van der Waals surface area contributed by atoms with Gasteiger partial charge in [-0.15, -0.1) is 5.10 Å². The Labute approximate surface area is 145 Å². The molecule has 0 atom stereocenters. The summed E-state index contributed by atoms with van der Waals surface area (Å²) in [4.78, 5) is 26.7. The Bertz CT molecular complexity index is 755. The molecule has 0 spiro atoms. The molecular weight excluding hydrogens is 324 g/mol. The van der Waals surface area contributed by atoms with Crippen molar-refractivity contribution in [3.8, 4) is 5.69 Å². The van der Waals surface area contributed by atoms with Crippen LogP contribution in [-0.2, 0) is 9.53 Å². The van der Waals surface area contributed by atoms with E-state index in [1.807, 2.05) is 24.3 Å². The molecule has 2 aromatic rings. The van der Waals surface area contributed by atoms with E-state index >= 15 is 0 Å². The van der Waals surface area contributed by atoms with E-state index in [0.29, 0.717) is 11.7 Å². The summed E-state index contributed by atoms with van der Waals surface area (Å²) in [6, 6.07) is 7.86. The van der Waals surface area contributed by atoms with Crippen molar-refractivity contribution in [2.45, 2.75) is 26.7 Å². The zero-order valence-electron chi connectivity index (χ0n) is 14.5. The molecule has 2 rings (SSSR count). The Hall–Kier alpha value is -2.74. The van der Waals surface area contributed by atoms with Crippen LogP contribution in [0.2, 0.25) is 0 Å². The van der Waals surface area contributed by atoms with Gasteiger partial charge in [0.1, 0.15) is 12.4 Å². The molecule has 1 heterocycles. The summed E-state index contributed by atoms with van der Waals surface area (Å²) in [6.07, 6.45) is 0. The highest BCUT2D eigenvalue weighted by Crippen LogP contribution is 2.23. The number of hydrogen-bond donors (Lipinski definition) is 2. The molecule has 0 aliphatic carbocycles. The third kappa shape index (κ3) is 4.87. The molecule has 1 aromatic heterocycles. The molecule has 25 heavy (non-hydrogen) atoms. The molecule has 1 aromatic carbocycles. The summed E-state index contributed by atoms with van der Waals surface area (Å²) >= 11 is 0. The van der Waals surface area contributed by atoms with Crippen LogP contribution in [0.15, 0.2) is 24.3 Å². The van der Waals surface area contributed by atoms with Gasteiger partial charge in [-0.1, -0.05) is 32.0 Å². The standard InChI is InChI=1S/C17H22N4O4/c1-11(2)13-6-4-5-7-14(13)21-12(3)19-16(20-21)17(24)18-8-9-25-10-15(22)23/h4-7,11H,8-10H2,1-3H3,(H,18,24)(H,22,23). The minimum atomic E-state index is -1.05. The second-order valence-electron chi connectivity index (χ2n) is 5.81. The van der Waals surface area contributed by atoms with Gasteiger partial charge >= 0.3 is 5.97 Å². The van der Waals surface area contributed by atoms with Crippen molar-refractivity contribution in [3.05, 3.63) is 41.5 Å². The molecule has 134 valence electrons. The highest BCUT2D eigenvalue weighted by Gasteiger charge is 2.17. The van der Waals surface area contributed by atoms with Gasteiger partial charge in [0.15, 0.2) is 0 Å². The first-order valence-corrected chi connectivity index (χ1v) is 8.01. The van der Waals surface area contributed by atoms with Crippen LogP contribution < -0.4 is 5.32 Å². The van der Waals surface area contributed by atoms with Crippen molar-refractivity contribution in [2.75, 3.05) is 19.8 Å². The van der Waals surface area contributed by atoms with E-state index in [-0.39, 0.29) is 19.0 Å². The lowest BCUT2D eigenvalue weighted by molar-refractivity contribution is -0.142. The Kier molecular flexibility index (Phi) is 6.24. The number of amides is 1. The molecule has 0 fully saturated rings. The Morgan fingerprint density at radius 2 is 2.04 bits per heavy atom. The quantitative estimate of drug-likeness (QED) is 0.702. The Balaban J connectivity index is 2.07. The van der Waals surface area contributed by atoms with Crippen molar-refractivity contribution in [1.82, 2.24) is 20.1 Å². The fourth-order valence-electron chi connectivity index (χ4n) is 2.36. The fourth-order valence-corrected chi connectivity index (χ4v) is 2.36. The maximum absolute atomic E-state index is 12.1. The van der Waals surface area contributed by atoms with E-state index in [1.54, 1.807) is 11.6 Å². The van der Waals surface area contributed by atoms with E-state index in [9.17, 15) is 9.59 Å². The summed E-state index contributed by atoms with van der Waals surface area (Å²) in [5.74, 6) is -0.493. The highest BCUT2D eigenvalue weighted by molar-refractivity contribution is 5.90. The monoisotopic (exact) mass is 346 g/mol. The number of carbonyl (C=O) groups is 2. The van der Waals surface area contributed by atoms with E-state index in [1.165, 1.54) is 0 Å². The second-order valence-corrected chi connectivity index (χ2v) is 5.81. The smallest absolute Gasteiger partial charge is 0.329 e. The van der Waals surface area contributed by atoms with Crippen LogP contribution in [0.25, 0.3) is 5.69 Å². The number of carbonyl (C=O) groups excluding carboxylic acids is 1. The molecule has 8 nitrogen and oxygen atoms in total. The number of hydrogen-bond acceptors (Lipinski definition) is 5. The van der Waals surface area contributed by atoms with Gasteiger partial charge in [-0.05, 0) is 24.5 Å². The minimum Gasteiger partial charge on any atom is -0.480 e. The first-order chi connectivity index (χ1) is 11.9. The van der Waals surface area contributed by atoms with Gasteiger partial charge in [0.25, 0.3) is 5.91 Å². The van der Waals surface area contributed by atoms with Crippen molar-refractivity contribution in [1.29, 1.82) is 0 Å². The number of rotatable bonds is 8. The predicted molar refractivity (Wildman–Crippen MR) is 91.0 cm³/mol. The number of aliphatic carboxylic acids is 1. The van der Waals surface area contributed by atoms with E-state index in [4.69, 9.17) is 9.84 Å². The first kappa shape index (κ1) is 18.6. The lowest BCUT2D eigenvalue weighted by Gasteiger charge is -2.12. The van der Waals surface area contributed by atoms with Crippen LogP contribution in [0.5, 0.6) is 0 Å². The van der Waals surface area contributed by atoms with Crippen LogP contribution in [-0.4, -0.2) is 51.5 Å². The Morgan fingerprint density at radius 3 is 2.72 bits per heavy atom. The molecule has 0 aliphatic rings. The van der Waals surface area contributed by atoms with Gasteiger partial charge in [0.2, 0.25) is 5.82 Å². The third-order valence-corrected chi connectivity index (χ3v) is 3.52. The number of aryl methyl sites for hydroxylation is 1. The summed E-state index contributed by atoms with van der Waals surface area (Å²) in [6.45, 7) is 5.87. The molecule has 0 radical (unpaired) electrons. The van der Waals surface area contributed by atoms with Gasteiger partial charge < -0.3 is 15.2 Å². The molecule has 0 unspecified atom stereocenters. The molecule has 0 aliphatic heterocycles. The highest BCUT2D eigenvalue weighted by atomic mass is 16.5. The topological polar surface area (TPSA) is 106 Å². The van der Waals surface area contributed by atoms with Crippen LogP contribution in [0.3, 0.4) is 0 Å². The average Bonchev–Trinajstić information content (AvgIpc) is 2.96. The van der Waals surface area contributed by atoms with Crippen molar-refractivity contribution in [2.24, 2.45) is 0 Å². The summed E-state index contributed by atoms with van der Waals surface area (Å²) in [5, 5.41) is 15.4. The van der Waals surface area contributed by atoms with Crippen molar-refractivity contribution >= 4 is 11.9 Å². The van der Waals surface area contributed by atoms with Gasteiger partial charge in [-0.3, -0.25) is 4.79 Å². The Morgan fingerprint density at radius 1 is 1.32 bits per heavy atom. The minimum absolute atomic E-state index is 0.0642. The molecule has 2 N–H and O–H groups in total. The molecule has 1 amide bonds. The number of nitrogens with one attached hydrogen (secondary N) is 1. The van der Waals surface area contributed by atoms with Crippen molar-refractivity contribution < 1.29 is 19.4 Å². The number of carboxylic acids is 1. The summed E-state index contributed by atoms with van der Waals surface area (Å²) in [5.41, 5.74) is 2.01. The molecule has 0 saturated heterocycles. The fraction of sp³-hybridized carbons (Fsp3) is 0.412. The van der Waals surface area contributed by atoms with Gasteiger partial charge in [-0.25, -0.2) is 14.5 Å². The van der Waals surface area contributed by atoms with Crippen molar-refractivity contribution in [3.63, 3.8) is 0 Å². The largest absolute Gasteiger partial charge is 0.480 e. The SMILES string of the molecule is Cc1nc(C(=O)NCCOCC(=O)O)nn1-c1ccccc1C(C)C. The lowest BCUT2D eigenvalue weighted by atomic mass is 10.0. The molecule has 0 bridgehead atoms. The zero-order valence-corrected chi connectivity index (χ0v) is 14.5. The zero-order chi connectivity index (χ0) is 18.4. The number of benzene rings is 1. The average molecular weight is 346 g/mol.